The highest BCUT2D eigenvalue weighted by Gasteiger charge is 2.46. The number of benzene rings is 2. The number of fused-ring (bicyclic) bond motifs is 1. The predicted octanol–water partition coefficient (Wildman–Crippen LogP) is 2.59. The van der Waals surface area contributed by atoms with E-state index in [9.17, 15) is 9.18 Å². The van der Waals surface area contributed by atoms with E-state index < -0.39 is 5.60 Å². The molecule has 2 aromatic rings. The molecular weight excluding hydrogens is 389 g/mol. The second kappa shape index (κ2) is 7.60. The third-order valence-corrected chi connectivity index (χ3v) is 5.71. The van der Waals surface area contributed by atoms with Crippen LogP contribution in [0, 0.1) is 5.82 Å². The highest BCUT2D eigenvalue weighted by atomic mass is 19.1. The van der Waals surface area contributed by atoms with Crippen molar-refractivity contribution < 1.29 is 23.5 Å². The fourth-order valence-electron chi connectivity index (χ4n) is 4.11. The number of carbonyl (C=O) groups is 1. The number of amides is 1. The van der Waals surface area contributed by atoms with Gasteiger partial charge in [-0.05, 0) is 35.4 Å². The van der Waals surface area contributed by atoms with E-state index in [0.717, 1.165) is 42.1 Å². The van der Waals surface area contributed by atoms with Crippen LogP contribution < -0.4 is 14.8 Å². The van der Waals surface area contributed by atoms with Crippen molar-refractivity contribution in [3.63, 3.8) is 0 Å². The van der Waals surface area contributed by atoms with E-state index >= 15 is 0 Å². The lowest BCUT2D eigenvalue weighted by Crippen LogP contribution is -2.36. The first kappa shape index (κ1) is 18.9. The number of likely N-dealkylation sites (tertiary alicyclic amines) is 1. The average Bonchev–Trinajstić information content (AvgIpc) is 3.48. The second-order valence-corrected chi connectivity index (χ2v) is 7.95. The summed E-state index contributed by atoms with van der Waals surface area (Å²) in [7, 11) is 0. The van der Waals surface area contributed by atoms with E-state index in [1.165, 1.54) is 12.1 Å². The van der Waals surface area contributed by atoms with E-state index in [-0.39, 0.29) is 18.5 Å². The molecular formula is C22H22FN3O4. The molecule has 0 unspecified atom stereocenters. The average molecular weight is 411 g/mol. The molecule has 1 atom stereocenters. The summed E-state index contributed by atoms with van der Waals surface area (Å²) in [6.45, 7) is 2.94. The zero-order valence-corrected chi connectivity index (χ0v) is 16.4. The molecule has 5 rings (SSSR count). The molecule has 1 N–H and O–H groups in total. The van der Waals surface area contributed by atoms with Gasteiger partial charge in [-0.15, -0.1) is 0 Å². The van der Waals surface area contributed by atoms with E-state index in [4.69, 9.17) is 14.3 Å². The summed E-state index contributed by atoms with van der Waals surface area (Å²) < 4.78 is 23.8. The largest absolute Gasteiger partial charge is 0.454 e. The van der Waals surface area contributed by atoms with Gasteiger partial charge in [0.2, 0.25) is 6.79 Å². The van der Waals surface area contributed by atoms with Crippen molar-refractivity contribution in [3.05, 3.63) is 59.4 Å². The molecule has 0 bridgehead atoms. The van der Waals surface area contributed by atoms with E-state index in [1.807, 2.05) is 18.2 Å². The number of oxime groups is 1. The van der Waals surface area contributed by atoms with Gasteiger partial charge >= 0.3 is 0 Å². The Balaban J connectivity index is 1.14. The monoisotopic (exact) mass is 411 g/mol. The van der Waals surface area contributed by atoms with Gasteiger partial charge < -0.3 is 19.6 Å². The maximum atomic E-state index is 13.0. The van der Waals surface area contributed by atoms with Crippen LogP contribution in [0.5, 0.6) is 11.5 Å². The zero-order valence-electron chi connectivity index (χ0n) is 16.4. The quantitative estimate of drug-likeness (QED) is 0.819. The first-order chi connectivity index (χ1) is 14.6. The number of halogens is 1. The van der Waals surface area contributed by atoms with Crippen molar-refractivity contribution >= 4 is 11.6 Å². The van der Waals surface area contributed by atoms with Crippen molar-refractivity contribution in [3.8, 4) is 11.5 Å². The lowest BCUT2D eigenvalue weighted by Gasteiger charge is -2.21. The molecule has 0 saturated carbocycles. The van der Waals surface area contributed by atoms with Crippen LogP contribution in [-0.2, 0) is 22.7 Å². The summed E-state index contributed by atoms with van der Waals surface area (Å²) in [6, 6.07) is 12.0. The third-order valence-electron chi connectivity index (χ3n) is 5.71. The molecule has 0 aliphatic carbocycles. The topological polar surface area (TPSA) is 72.4 Å². The number of hydrogen-bond acceptors (Lipinski definition) is 6. The summed E-state index contributed by atoms with van der Waals surface area (Å²) in [5, 5.41) is 6.90. The van der Waals surface area contributed by atoms with Crippen molar-refractivity contribution in [1.29, 1.82) is 0 Å². The van der Waals surface area contributed by atoms with Gasteiger partial charge in [0, 0.05) is 39.0 Å². The van der Waals surface area contributed by atoms with Crippen LogP contribution in [0.3, 0.4) is 0 Å². The molecule has 0 aromatic heterocycles. The Labute approximate surface area is 173 Å². The van der Waals surface area contributed by atoms with Gasteiger partial charge in [0.1, 0.15) is 11.5 Å². The third kappa shape index (κ3) is 3.82. The van der Waals surface area contributed by atoms with Crippen LogP contribution in [0.15, 0.2) is 47.6 Å². The maximum Gasteiger partial charge on any atom is 0.269 e. The van der Waals surface area contributed by atoms with Crippen LogP contribution >= 0.6 is 0 Å². The van der Waals surface area contributed by atoms with Gasteiger partial charge in [0.25, 0.3) is 5.91 Å². The lowest BCUT2D eigenvalue weighted by atomic mass is 9.96. The molecule has 1 spiro atoms. The number of nitrogens with one attached hydrogen (secondary N) is 1. The number of hydrogen-bond donors (Lipinski definition) is 1. The number of nitrogens with zero attached hydrogens (tertiary/aromatic N) is 2. The van der Waals surface area contributed by atoms with Crippen LogP contribution in [-0.4, -0.2) is 42.0 Å². The molecule has 1 fully saturated rings. The van der Waals surface area contributed by atoms with Gasteiger partial charge in [0.15, 0.2) is 17.1 Å². The lowest BCUT2D eigenvalue weighted by molar-refractivity contribution is -0.115. The Hall–Kier alpha value is -3.13. The first-order valence-electron chi connectivity index (χ1n) is 9.97. The molecule has 0 radical (unpaired) electrons. The van der Waals surface area contributed by atoms with Crippen molar-refractivity contribution in [2.45, 2.75) is 31.5 Å². The van der Waals surface area contributed by atoms with E-state index in [2.05, 4.69) is 15.4 Å². The Kier molecular flexibility index (Phi) is 4.78. The molecule has 156 valence electrons. The normalized spacial score (nSPS) is 22.2. The van der Waals surface area contributed by atoms with Crippen LogP contribution in [0.4, 0.5) is 4.39 Å². The molecule has 8 heteroatoms. The molecule has 30 heavy (non-hydrogen) atoms. The van der Waals surface area contributed by atoms with Crippen LogP contribution in [0.2, 0.25) is 0 Å². The molecule has 2 aromatic carbocycles. The molecule has 3 heterocycles. The Morgan fingerprint density at radius 3 is 2.80 bits per heavy atom. The maximum absolute atomic E-state index is 13.0. The number of rotatable bonds is 5. The minimum atomic E-state index is -0.446. The van der Waals surface area contributed by atoms with Gasteiger partial charge in [0.05, 0.1) is 0 Å². The standard InChI is InChI=1S/C22H22FN3O4/c23-17-4-1-15(2-5-17)11-24-21(27)18-10-22(30-25-18)7-8-26(13-22)12-16-3-6-19-20(9-16)29-14-28-19/h1-6,9H,7-8,10-14H2,(H,24,27)/t22-/m0/s1. The highest BCUT2D eigenvalue weighted by molar-refractivity contribution is 6.39. The van der Waals surface area contributed by atoms with Crippen molar-refractivity contribution in [2.24, 2.45) is 5.16 Å². The smallest absolute Gasteiger partial charge is 0.269 e. The second-order valence-electron chi connectivity index (χ2n) is 7.95. The molecule has 3 aliphatic heterocycles. The predicted molar refractivity (Wildman–Crippen MR) is 107 cm³/mol. The highest BCUT2D eigenvalue weighted by Crippen LogP contribution is 2.36. The molecule has 1 saturated heterocycles. The Bertz CT molecular complexity index is 994. The van der Waals surface area contributed by atoms with E-state index in [0.29, 0.717) is 25.2 Å². The van der Waals surface area contributed by atoms with Gasteiger partial charge in [-0.2, -0.15) is 0 Å². The number of ether oxygens (including phenoxy) is 2. The van der Waals surface area contributed by atoms with Gasteiger partial charge in [-0.3, -0.25) is 9.69 Å². The summed E-state index contributed by atoms with van der Waals surface area (Å²) in [5.74, 6) is 1.01. The minimum Gasteiger partial charge on any atom is -0.454 e. The van der Waals surface area contributed by atoms with Crippen molar-refractivity contribution in [2.75, 3.05) is 19.9 Å². The zero-order chi connectivity index (χ0) is 20.6. The minimum absolute atomic E-state index is 0.245. The number of carbonyl (C=O) groups excluding carboxylic acids is 1. The van der Waals surface area contributed by atoms with Crippen molar-refractivity contribution in [1.82, 2.24) is 10.2 Å². The van der Waals surface area contributed by atoms with E-state index in [1.54, 1.807) is 12.1 Å². The molecule has 7 nitrogen and oxygen atoms in total. The Morgan fingerprint density at radius 1 is 1.13 bits per heavy atom. The fraction of sp³-hybridized carbons (Fsp3) is 0.364. The summed E-state index contributed by atoms with van der Waals surface area (Å²) in [4.78, 5) is 20.5. The molecule has 1 amide bonds. The van der Waals surface area contributed by atoms with Gasteiger partial charge in [-0.1, -0.05) is 23.4 Å². The summed E-state index contributed by atoms with van der Waals surface area (Å²) in [6.07, 6.45) is 1.30. The van der Waals surface area contributed by atoms with Crippen LogP contribution in [0.1, 0.15) is 24.0 Å². The SMILES string of the molecule is O=C(NCc1ccc(F)cc1)C1=NO[C@@]2(CCN(Cc3ccc4c(c3)OCO4)C2)C1. The summed E-state index contributed by atoms with van der Waals surface area (Å²) in [5.41, 5.74) is 1.93. The molecule has 3 aliphatic rings. The fourth-order valence-corrected chi connectivity index (χ4v) is 4.11. The van der Waals surface area contributed by atoms with Gasteiger partial charge in [-0.25, -0.2) is 4.39 Å². The van der Waals surface area contributed by atoms with Crippen LogP contribution in [0.25, 0.3) is 0 Å². The first-order valence-corrected chi connectivity index (χ1v) is 9.97. The summed E-state index contributed by atoms with van der Waals surface area (Å²) >= 11 is 0. The Morgan fingerprint density at radius 2 is 1.93 bits per heavy atom.